The zero-order valence-corrected chi connectivity index (χ0v) is 11.4. The van der Waals surface area contributed by atoms with Crippen molar-refractivity contribution in [3.63, 3.8) is 0 Å². The maximum Gasteiger partial charge on any atom is 0.313 e. The van der Waals surface area contributed by atoms with Gasteiger partial charge in [-0.25, -0.2) is 0 Å². The van der Waals surface area contributed by atoms with Gasteiger partial charge < -0.3 is 15.7 Å². The first kappa shape index (κ1) is 14.6. The van der Waals surface area contributed by atoms with E-state index in [-0.39, 0.29) is 5.75 Å². The number of carbonyl (C=O) groups excluding carboxylic acids is 2. The second-order valence-corrected chi connectivity index (χ2v) is 4.50. The van der Waals surface area contributed by atoms with Crippen LogP contribution in [0.5, 0.6) is 5.75 Å². The number of benzene rings is 2. The molecule has 21 heavy (non-hydrogen) atoms. The third-order valence-corrected chi connectivity index (χ3v) is 2.85. The SMILES string of the molecule is O=C(NCCc1ccccc1)C(=O)Nc1cccc(O)c1. The summed E-state index contributed by atoms with van der Waals surface area (Å²) in [6, 6.07) is 15.7. The number of amides is 2. The van der Waals surface area contributed by atoms with Crippen molar-refractivity contribution >= 4 is 17.5 Å². The van der Waals surface area contributed by atoms with E-state index in [1.54, 1.807) is 12.1 Å². The Morgan fingerprint density at radius 1 is 0.952 bits per heavy atom. The number of phenolic OH excluding ortho intramolecular Hbond substituents is 1. The largest absolute Gasteiger partial charge is 0.508 e. The van der Waals surface area contributed by atoms with Gasteiger partial charge in [-0.15, -0.1) is 0 Å². The van der Waals surface area contributed by atoms with E-state index in [1.165, 1.54) is 12.1 Å². The first-order valence-electron chi connectivity index (χ1n) is 6.57. The molecule has 2 aromatic carbocycles. The molecule has 0 saturated carbocycles. The standard InChI is InChI=1S/C16H16N2O3/c19-14-8-4-7-13(11-14)18-16(21)15(20)17-10-9-12-5-2-1-3-6-12/h1-8,11,19H,9-10H2,(H,17,20)(H,18,21). The van der Waals surface area contributed by atoms with Crippen molar-refractivity contribution in [1.29, 1.82) is 0 Å². The third-order valence-electron chi connectivity index (χ3n) is 2.85. The Labute approximate surface area is 122 Å². The normalized spacial score (nSPS) is 9.90. The van der Waals surface area contributed by atoms with E-state index in [9.17, 15) is 14.7 Å². The molecule has 2 rings (SSSR count). The van der Waals surface area contributed by atoms with Gasteiger partial charge in [-0.05, 0) is 24.1 Å². The van der Waals surface area contributed by atoms with Gasteiger partial charge in [-0.1, -0.05) is 36.4 Å². The number of hydrogen-bond donors (Lipinski definition) is 3. The van der Waals surface area contributed by atoms with Gasteiger partial charge in [0.05, 0.1) is 0 Å². The van der Waals surface area contributed by atoms with Gasteiger partial charge in [-0.3, -0.25) is 9.59 Å². The zero-order valence-electron chi connectivity index (χ0n) is 11.4. The molecule has 5 nitrogen and oxygen atoms in total. The Bertz CT molecular complexity index is 626. The summed E-state index contributed by atoms with van der Waals surface area (Å²) in [6.07, 6.45) is 0.659. The van der Waals surface area contributed by atoms with Gasteiger partial charge in [0.25, 0.3) is 0 Å². The number of aromatic hydroxyl groups is 1. The van der Waals surface area contributed by atoms with Crippen LogP contribution in [0.3, 0.4) is 0 Å². The fourth-order valence-corrected chi connectivity index (χ4v) is 1.82. The molecule has 0 unspecified atom stereocenters. The van der Waals surface area contributed by atoms with Crippen LogP contribution < -0.4 is 10.6 Å². The average molecular weight is 284 g/mol. The van der Waals surface area contributed by atoms with Gasteiger partial charge in [0.15, 0.2) is 0 Å². The predicted octanol–water partition coefficient (Wildman–Crippen LogP) is 1.69. The van der Waals surface area contributed by atoms with E-state index in [1.807, 2.05) is 30.3 Å². The summed E-state index contributed by atoms with van der Waals surface area (Å²) in [6.45, 7) is 0.385. The Morgan fingerprint density at radius 2 is 1.71 bits per heavy atom. The van der Waals surface area contributed by atoms with Gasteiger partial charge in [0.2, 0.25) is 0 Å². The van der Waals surface area contributed by atoms with Crippen LogP contribution in [0.25, 0.3) is 0 Å². The number of phenols is 1. The molecule has 0 atom stereocenters. The fraction of sp³-hybridized carbons (Fsp3) is 0.125. The first-order chi connectivity index (χ1) is 10.1. The highest BCUT2D eigenvalue weighted by Gasteiger charge is 2.13. The first-order valence-corrected chi connectivity index (χ1v) is 6.57. The number of nitrogens with one attached hydrogen (secondary N) is 2. The minimum absolute atomic E-state index is 0.0253. The van der Waals surface area contributed by atoms with Gasteiger partial charge in [0, 0.05) is 18.3 Å². The molecule has 0 radical (unpaired) electrons. The average Bonchev–Trinajstić information content (AvgIpc) is 2.48. The second-order valence-electron chi connectivity index (χ2n) is 4.50. The highest BCUT2D eigenvalue weighted by atomic mass is 16.3. The molecule has 0 bridgehead atoms. The maximum absolute atomic E-state index is 11.7. The molecular weight excluding hydrogens is 268 g/mol. The van der Waals surface area contributed by atoms with Crippen LogP contribution in [0, 0.1) is 0 Å². The van der Waals surface area contributed by atoms with E-state index < -0.39 is 11.8 Å². The van der Waals surface area contributed by atoms with Crippen molar-refractivity contribution in [2.45, 2.75) is 6.42 Å². The number of rotatable bonds is 4. The molecule has 0 fully saturated rings. The Balaban J connectivity index is 1.79. The van der Waals surface area contributed by atoms with Crippen molar-refractivity contribution < 1.29 is 14.7 Å². The van der Waals surface area contributed by atoms with E-state index in [4.69, 9.17) is 0 Å². The molecule has 3 N–H and O–H groups in total. The molecule has 2 amide bonds. The lowest BCUT2D eigenvalue weighted by Crippen LogP contribution is -2.36. The van der Waals surface area contributed by atoms with Gasteiger partial charge >= 0.3 is 11.8 Å². The molecule has 0 aliphatic carbocycles. The Hall–Kier alpha value is -2.82. The number of hydrogen-bond acceptors (Lipinski definition) is 3. The van der Waals surface area contributed by atoms with E-state index >= 15 is 0 Å². The van der Waals surface area contributed by atoms with Crippen LogP contribution >= 0.6 is 0 Å². The summed E-state index contributed by atoms with van der Waals surface area (Å²) in [4.78, 5) is 23.3. The summed E-state index contributed by atoms with van der Waals surface area (Å²) in [5, 5.41) is 14.3. The fourth-order valence-electron chi connectivity index (χ4n) is 1.82. The molecule has 0 heterocycles. The highest BCUT2D eigenvalue weighted by molar-refractivity contribution is 6.39. The Kier molecular flexibility index (Phi) is 4.93. The van der Waals surface area contributed by atoms with Crippen LogP contribution in [0.1, 0.15) is 5.56 Å². The molecule has 0 aromatic heterocycles. The minimum Gasteiger partial charge on any atom is -0.508 e. The van der Waals surface area contributed by atoms with Crippen molar-refractivity contribution in [1.82, 2.24) is 5.32 Å². The maximum atomic E-state index is 11.7. The summed E-state index contributed by atoms with van der Waals surface area (Å²) >= 11 is 0. The molecule has 108 valence electrons. The van der Waals surface area contributed by atoms with Crippen molar-refractivity contribution in [3.05, 3.63) is 60.2 Å². The molecule has 0 aliphatic rings. The topological polar surface area (TPSA) is 78.4 Å². The summed E-state index contributed by atoms with van der Waals surface area (Å²) in [5.74, 6) is -1.43. The lowest BCUT2D eigenvalue weighted by Gasteiger charge is -2.07. The number of carbonyl (C=O) groups is 2. The minimum atomic E-state index is -0.756. The van der Waals surface area contributed by atoms with E-state index in [0.29, 0.717) is 18.7 Å². The molecule has 0 saturated heterocycles. The van der Waals surface area contributed by atoms with Crippen LogP contribution in [0.4, 0.5) is 5.69 Å². The predicted molar refractivity (Wildman–Crippen MR) is 79.9 cm³/mol. The molecule has 2 aromatic rings. The highest BCUT2D eigenvalue weighted by Crippen LogP contribution is 2.14. The smallest absolute Gasteiger partial charge is 0.313 e. The van der Waals surface area contributed by atoms with Gasteiger partial charge in [-0.2, -0.15) is 0 Å². The lowest BCUT2D eigenvalue weighted by atomic mass is 10.1. The molecule has 0 aliphatic heterocycles. The molecule has 0 spiro atoms. The van der Waals surface area contributed by atoms with E-state index in [0.717, 1.165) is 5.56 Å². The van der Waals surface area contributed by atoms with Crippen molar-refractivity contribution in [2.24, 2.45) is 0 Å². The second kappa shape index (κ2) is 7.09. The summed E-state index contributed by atoms with van der Waals surface area (Å²) in [5.41, 5.74) is 1.46. The molecular formula is C16H16N2O3. The number of anilines is 1. The quantitative estimate of drug-likeness (QED) is 0.748. The zero-order chi connectivity index (χ0) is 15.1. The van der Waals surface area contributed by atoms with Crippen molar-refractivity contribution in [2.75, 3.05) is 11.9 Å². The van der Waals surface area contributed by atoms with Crippen LogP contribution in [-0.2, 0) is 16.0 Å². The monoisotopic (exact) mass is 284 g/mol. The van der Waals surface area contributed by atoms with E-state index in [2.05, 4.69) is 10.6 Å². The molecule has 5 heteroatoms. The van der Waals surface area contributed by atoms with Crippen LogP contribution in [0.15, 0.2) is 54.6 Å². The third kappa shape index (κ3) is 4.65. The Morgan fingerprint density at radius 3 is 2.43 bits per heavy atom. The summed E-state index contributed by atoms with van der Waals surface area (Å²) in [7, 11) is 0. The van der Waals surface area contributed by atoms with Crippen molar-refractivity contribution in [3.8, 4) is 5.75 Å². The van der Waals surface area contributed by atoms with Crippen LogP contribution in [-0.4, -0.2) is 23.5 Å². The summed E-state index contributed by atoms with van der Waals surface area (Å²) < 4.78 is 0. The van der Waals surface area contributed by atoms with Gasteiger partial charge in [0.1, 0.15) is 5.75 Å². The lowest BCUT2D eigenvalue weighted by molar-refractivity contribution is -0.136. The van der Waals surface area contributed by atoms with Crippen LogP contribution in [0.2, 0.25) is 0 Å².